The van der Waals surface area contributed by atoms with Crippen LogP contribution in [0.25, 0.3) is 10.9 Å². The van der Waals surface area contributed by atoms with Gasteiger partial charge in [-0.25, -0.2) is 9.78 Å². The van der Waals surface area contributed by atoms with Crippen LogP contribution in [0.1, 0.15) is 0 Å². The summed E-state index contributed by atoms with van der Waals surface area (Å²) in [6, 6.07) is 15.8. The number of carbonyl (C=O) groups is 1. The van der Waals surface area contributed by atoms with Crippen molar-refractivity contribution in [3.8, 4) is 5.75 Å². The third kappa shape index (κ3) is 3.52. The van der Waals surface area contributed by atoms with Crippen LogP contribution < -0.4 is 15.4 Å². The predicted molar refractivity (Wildman–Crippen MR) is 92.4 cm³/mol. The van der Waals surface area contributed by atoms with Crippen molar-refractivity contribution in [1.29, 1.82) is 0 Å². The van der Waals surface area contributed by atoms with Crippen molar-refractivity contribution in [1.82, 2.24) is 4.98 Å². The summed E-state index contributed by atoms with van der Waals surface area (Å²) in [5.41, 5.74) is 1.34. The highest BCUT2D eigenvalue weighted by atomic mass is 35.5. The summed E-state index contributed by atoms with van der Waals surface area (Å²) in [4.78, 5) is 16.4. The van der Waals surface area contributed by atoms with E-state index < -0.39 is 0 Å². The van der Waals surface area contributed by atoms with Gasteiger partial charge in [0, 0.05) is 23.2 Å². The molecular weight excluding hydrogens is 314 g/mol. The molecule has 0 fully saturated rings. The molecule has 3 aromatic rings. The van der Waals surface area contributed by atoms with Crippen LogP contribution in [0.3, 0.4) is 0 Å². The Hall–Kier alpha value is -2.79. The number of carbonyl (C=O) groups excluding carboxylic acids is 1. The summed E-state index contributed by atoms with van der Waals surface area (Å²) < 4.78 is 5.18. The van der Waals surface area contributed by atoms with Gasteiger partial charge in [0.1, 0.15) is 11.6 Å². The molecule has 3 rings (SSSR count). The zero-order valence-corrected chi connectivity index (χ0v) is 13.1. The Kier molecular flexibility index (Phi) is 4.30. The zero-order valence-electron chi connectivity index (χ0n) is 12.3. The molecule has 2 aromatic carbocycles. The summed E-state index contributed by atoms with van der Waals surface area (Å²) in [6.45, 7) is 0. The Bertz CT molecular complexity index is 853. The number of hydrogen-bond donors (Lipinski definition) is 2. The molecule has 2 amide bonds. The molecule has 116 valence electrons. The summed E-state index contributed by atoms with van der Waals surface area (Å²) >= 11 is 6.25. The number of urea groups is 1. The van der Waals surface area contributed by atoms with E-state index in [1.54, 1.807) is 31.4 Å². The fraction of sp³-hybridized carbons (Fsp3) is 0.0588. The first-order valence-corrected chi connectivity index (χ1v) is 7.31. The van der Waals surface area contributed by atoms with Gasteiger partial charge >= 0.3 is 6.03 Å². The van der Waals surface area contributed by atoms with E-state index in [1.807, 2.05) is 30.3 Å². The van der Waals surface area contributed by atoms with Crippen LogP contribution in [0.4, 0.5) is 16.3 Å². The Morgan fingerprint density at radius 2 is 1.87 bits per heavy atom. The first-order valence-electron chi connectivity index (χ1n) is 6.93. The van der Waals surface area contributed by atoms with Crippen LogP contribution >= 0.6 is 11.6 Å². The topological polar surface area (TPSA) is 63.2 Å². The van der Waals surface area contributed by atoms with E-state index in [0.29, 0.717) is 27.8 Å². The molecule has 2 N–H and O–H groups in total. The average molecular weight is 328 g/mol. The molecule has 0 saturated heterocycles. The van der Waals surface area contributed by atoms with E-state index in [1.165, 1.54) is 0 Å². The van der Waals surface area contributed by atoms with Crippen LogP contribution in [0.5, 0.6) is 5.75 Å². The van der Waals surface area contributed by atoms with Gasteiger partial charge in [-0.2, -0.15) is 0 Å². The highest BCUT2D eigenvalue weighted by Gasteiger charge is 2.08. The predicted octanol–water partition coefficient (Wildman–Crippen LogP) is 4.54. The molecule has 0 unspecified atom stereocenters. The Morgan fingerprint density at radius 3 is 2.61 bits per heavy atom. The first kappa shape index (κ1) is 15.1. The molecule has 0 aliphatic carbocycles. The van der Waals surface area contributed by atoms with Gasteiger partial charge in [-0.1, -0.05) is 29.8 Å². The van der Waals surface area contributed by atoms with Crippen molar-refractivity contribution in [3.05, 3.63) is 59.6 Å². The fourth-order valence-electron chi connectivity index (χ4n) is 2.16. The fourth-order valence-corrected chi connectivity index (χ4v) is 2.42. The van der Waals surface area contributed by atoms with E-state index in [2.05, 4.69) is 15.6 Å². The number of halogens is 1. The lowest BCUT2D eigenvalue weighted by Crippen LogP contribution is -2.20. The SMILES string of the molecule is COc1ccc2c(Cl)cc(NC(=O)Nc3ccccc3)nc2c1. The highest BCUT2D eigenvalue weighted by molar-refractivity contribution is 6.35. The smallest absolute Gasteiger partial charge is 0.324 e. The number of rotatable bonds is 3. The van der Waals surface area contributed by atoms with Gasteiger partial charge in [-0.15, -0.1) is 0 Å². The van der Waals surface area contributed by atoms with Gasteiger partial charge in [-0.3, -0.25) is 5.32 Å². The van der Waals surface area contributed by atoms with Gasteiger partial charge in [0.05, 0.1) is 17.6 Å². The largest absolute Gasteiger partial charge is 0.497 e. The molecular formula is C17H14ClN3O2. The van der Waals surface area contributed by atoms with Crippen molar-refractivity contribution in [2.75, 3.05) is 17.7 Å². The van der Waals surface area contributed by atoms with Crippen LogP contribution in [-0.4, -0.2) is 18.1 Å². The maximum absolute atomic E-state index is 12.0. The standard InChI is InChI=1S/C17H14ClN3O2/c1-23-12-7-8-13-14(18)10-16(20-15(13)9-12)21-17(22)19-11-5-3-2-4-6-11/h2-10H,1H3,(H2,19,20,21,22). The number of nitrogens with zero attached hydrogens (tertiary/aromatic N) is 1. The molecule has 0 spiro atoms. The molecule has 0 radical (unpaired) electrons. The first-order chi connectivity index (χ1) is 11.2. The maximum atomic E-state index is 12.0. The van der Waals surface area contributed by atoms with E-state index in [9.17, 15) is 4.79 Å². The summed E-state index contributed by atoms with van der Waals surface area (Å²) in [7, 11) is 1.58. The van der Waals surface area contributed by atoms with Crippen LogP contribution in [0.15, 0.2) is 54.6 Å². The van der Waals surface area contributed by atoms with E-state index in [-0.39, 0.29) is 6.03 Å². The molecule has 0 saturated carbocycles. The number of para-hydroxylation sites is 1. The number of ether oxygens (including phenoxy) is 1. The zero-order chi connectivity index (χ0) is 16.2. The highest BCUT2D eigenvalue weighted by Crippen LogP contribution is 2.28. The molecule has 1 aromatic heterocycles. The number of amides is 2. The maximum Gasteiger partial charge on any atom is 0.324 e. The number of benzene rings is 2. The molecule has 1 heterocycles. The van der Waals surface area contributed by atoms with Gasteiger partial charge in [0.15, 0.2) is 0 Å². The molecule has 5 nitrogen and oxygen atoms in total. The number of pyridine rings is 1. The number of nitrogens with one attached hydrogen (secondary N) is 2. The monoisotopic (exact) mass is 327 g/mol. The number of aromatic nitrogens is 1. The quantitative estimate of drug-likeness (QED) is 0.742. The third-order valence-corrected chi connectivity index (χ3v) is 3.55. The average Bonchev–Trinajstić information content (AvgIpc) is 2.55. The number of hydrogen-bond acceptors (Lipinski definition) is 3. The van der Waals surface area contributed by atoms with Gasteiger partial charge in [-0.05, 0) is 24.3 Å². The van der Waals surface area contributed by atoms with Crippen molar-refractivity contribution >= 4 is 40.0 Å². The van der Waals surface area contributed by atoms with Crippen LogP contribution in [0, 0.1) is 0 Å². The molecule has 0 aliphatic rings. The minimum atomic E-state index is -0.387. The van der Waals surface area contributed by atoms with E-state index in [0.717, 1.165) is 5.39 Å². The lowest BCUT2D eigenvalue weighted by Gasteiger charge is -2.09. The molecule has 0 aliphatic heterocycles. The number of methoxy groups -OCH3 is 1. The lowest BCUT2D eigenvalue weighted by atomic mass is 10.2. The Balaban J connectivity index is 1.83. The lowest BCUT2D eigenvalue weighted by molar-refractivity contribution is 0.262. The van der Waals surface area contributed by atoms with Gasteiger partial charge < -0.3 is 10.1 Å². The van der Waals surface area contributed by atoms with Gasteiger partial charge in [0.25, 0.3) is 0 Å². The van der Waals surface area contributed by atoms with Crippen molar-refractivity contribution in [3.63, 3.8) is 0 Å². The molecule has 6 heteroatoms. The van der Waals surface area contributed by atoms with Gasteiger partial charge in [0.2, 0.25) is 0 Å². The minimum absolute atomic E-state index is 0.365. The van der Waals surface area contributed by atoms with Crippen molar-refractivity contribution < 1.29 is 9.53 Å². The van der Waals surface area contributed by atoms with Crippen LogP contribution in [-0.2, 0) is 0 Å². The Labute approximate surface area is 138 Å². The summed E-state index contributed by atoms with van der Waals surface area (Å²) in [5.74, 6) is 1.04. The molecule has 0 bridgehead atoms. The number of fused-ring (bicyclic) bond motifs is 1. The summed E-state index contributed by atoms with van der Waals surface area (Å²) in [5, 5.41) is 6.70. The second-order valence-electron chi connectivity index (χ2n) is 4.82. The van der Waals surface area contributed by atoms with E-state index in [4.69, 9.17) is 16.3 Å². The van der Waals surface area contributed by atoms with Crippen molar-refractivity contribution in [2.45, 2.75) is 0 Å². The third-order valence-electron chi connectivity index (χ3n) is 3.24. The second-order valence-corrected chi connectivity index (χ2v) is 5.22. The van der Waals surface area contributed by atoms with Crippen LogP contribution in [0.2, 0.25) is 5.02 Å². The van der Waals surface area contributed by atoms with E-state index >= 15 is 0 Å². The number of anilines is 2. The second kappa shape index (κ2) is 6.54. The van der Waals surface area contributed by atoms with Crippen molar-refractivity contribution in [2.24, 2.45) is 0 Å². The summed E-state index contributed by atoms with van der Waals surface area (Å²) in [6.07, 6.45) is 0. The normalized spacial score (nSPS) is 10.3. The Morgan fingerprint density at radius 1 is 1.09 bits per heavy atom. The molecule has 23 heavy (non-hydrogen) atoms. The minimum Gasteiger partial charge on any atom is -0.497 e. The molecule has 0 atom stereocenters.